The van der Waals surface area contributed by atoms with Crippen molar-refractivity contribution in [3.8, 4) is 5.75 Å². The van der Waals surface area contributed by atoms with Crippen molar-refractivity contribution in [2.45, 2.75) is 81.7 Å². The number of hydrogen-bond acceptors (Lipinski definition) is 9. The summed E-state index contributed by atoms with van der Waals surface area (Å²) in [6, 6.07) is 12.9. The van der Waals surface area contributed by atoms with Gasteiger partial charge in [0.2, 0.25) is 11.8 Å². The Morgan fingerprint density at radius 2 is 1.81 bits per heavy atom. The van der Waals surface area contributed by atoms with Crippen molar-refractivity contribution < 1.29 is 43.9 Å². The molecular weight excluding hydrogens is 604 g/mol. The van der Waals surface area contributed by atoms with E-state index < -0.39 is 54.0 Å². The molecule has 0 radical (unpaired) electrons. The minimum Gasteiger partial charge on any atom is -0.508 e. The van der Waals surface area contributed by atoms with Gasteiger partial charge in [0.05, 0.1) is 18.3 Å². The molecule has 5 N–H and O–H groups in total. The first-order valence-electron chi connectivity index (χ1n) is 16.4. The zero-order chi connectivity index (χ0) is 33.1. The Morgan fingerprint density at radius 3 is 2.49 bits per heavy atom. The number of benzene rings is 2. The van der Waals surface area contributed by atoms with Gasteiger partial charge in [-0.15, -0.1) is 0 Å². The monoisotopic (exact) mass is 646 g/mol. The summed E-state index contributed by atoms with van der Waals surface area (Å²) in [5.74, 6) is -1.85. The molecular formula is C36H42N2O9. The fraction of sp³-hybridized carbons (Fsp3) is 0.472. The van der Waals surface area contributed by atoms with Crippen molar-refractivity contribution in [1.29, 1.82) is 0 Å². The normalized spacial score (nSPS) is 24.6. The molecule has 2 saturated carbocycles. The molecule has 4 aliphatic rings. The van der Waals surface area contributed by atoms with Crippen LogP contribution in [-0.2, 0) is 30.2 Å². The summed E-state index contributed by atoms with van der Waals surface area (Å²) in [6.45, 7) is 1.08. The molecule has 47 heavy (non-hydrogen) atoms. The molecule has 5 atom stereocenters. The number of fused-ring (bicyclic) bond motifs is 1. The van der Waals surface area contributed by atoms with E-state index in [0.717, 1.165) is 36.8 Å². The molecule has 0 spiro atoms. The number of amides is 2. The fourth-order valence-electron chi connectivity index (χ4n) is 6.48. The third-order valence-electron chi connectivity index (χ3n) is 9.18. The molecule has 250 valence electrons. The van der Waals surface area contributed by atoms with Crippen LogP contribution in [0, 0.1) is 11.8 Å². The first-order chi connectivity index (χ1) is 22.7. The highest BCUT2D eigenvalue weighted by Gasteiger charge is 2.64. The molecule has 11 heteroatoms. The maximum absolute atomic E-state index is 13.6. The van der Waals surface area contributed by atoms with Crippen LogP contribution in [-0.4, -0.2) is 82.5 Å². The van der Waals surface area contributed by atoms with Crippen molar-refractivity contribution in [3.63, 3.8) is 0 Å². The van der Waals surface area contributed by atoms with Crippen LogP contribution in [0.1, 0.15) is 60.5 Å². The minimum atomic E-state index is -1.26. The highest BCUT2D eigenvalue weighted by atomic mass is 16.8. The van der Waals surface area contributed by atoms with Crippen molar-refractivity contribution in [3.05, 3.63) is 82.9 Å². The number of ether oxygens (including phenoxy) is 3. The molecule has 2 amide bonds. The Labute approximate surface area is 273 Å². The molecule has 11 nitrogen and oxygen atoms in total. The zero-order valence-electron chi connectivity index (χ0n) is 26.3. The summed E-state index contributed by atoms with van der Waals surface area (Å²) in [6.07, 6.45) is 6.66. The lowest BCUT2D eigenvalue weighted by molar-refractivity contribution is -0.209. The van der Waals surface area contributed by atoms with E-state index in [9.17, 15) is 24.6 Å². The Bertz CT molecular complexity index is 1530. The average Bonchev–Trinajstić information content (AvgIpc) is 4.00. The summed E-state index contributed by atoms with van der Waals surface area (Å²) in [5.41, 5.74) is 2.16. The average molecular weight is 647 g/mol. The van der Waals surface area contributed by atoms with Crippen molar-refractivity contribution >= 4 is 23.9 Å². The van der Waals surface area contributed by atoms with Crippen LogP contribution >= 0.6 is 0 Å². The molecule has 0 unspecified atom stereocenters. The van der Waals surface area contributed by atoms with E-state index in [0.29, 0.717) is 12.0 Å². The van der Waals surface area contributed by atoms with E-state index in [4.69, 9.17) is 19.3 Å². The summed E-state index contributed by atoms with van der Waals surface area (Å²) >= 11 is 0. The first-order valence-corrected chi connectivity index (χ1v) is 16.4. The van der Waals surface area contributed by atoms with Gasteiger partial charge in [-0.1, -0.05) is 42.5 Å². The number of carbonyl (C=O) groups is 3. The van der Waals surface area contributed by atoms with Gasteiger partial charge in [0, 0.05) is 30.4 Å². The highest BCUT2D eigenvalue weighted by Crippen LogP contribution is 2.59. The number of nitrogens with one attached hydrogen (secondary N) is 2. The van der Waals surface area contributed by atoms with Crippen LogP contribution in [0.5, 0.6) is 5.75 Å². The number of allylic oxidation sites excluding steroid dienone is 1. The minimum absolute atomic E-state index is 0.0222. The summed E-state index contributed by atoms with van der Waals surface area (Å²) in [7, 11) is 0. The van der Waals surface area contributed by atoms with Gasteiger partial charge >= 0.3 is 5.97 Å². The third kappa shape index (κ3) is 7.43. The number of para-hydroxylation sites is 1. The quantitative estimate of drug-likeness (QED) is 0.206. The topological polar surface area (TPSA) is 164 Å². The zero-order valence-corrected chi connectivity index (χ0v) is 26.3. The van der Waals surface area contributed by atoms with Gasteiger partial charge in [0.1, 0.15) is 30.1 Å². The van der Waals surface area contributed by atoms with Crippen LogP contribution < -0.4 is 10.6 Å². The van der Waals surface area contributed by atoms with E-state index in [1.165, 1.54) is 6.92 Å². The number of phenolic OH excluding ortho intramolecular Hbond substituents is 1. The number of esters is 1. The third-order valence-corrected chi connectivity index (χ3v) is 9.18. The SMILES string of the molecule is C[C@H](O)[C@@H](NC(=O)C1=C[C@H]2OC(C3CC3)(C3CC3)O[C@H]2[C@H](OC(=O)c2cccc(C=CCc3ccccc3O)c2)C1)C(=O)NCCO. The summed E-state index contributed by atoms with van der Waals surface area (Å²) in [5, 5.41) is 34.4. The number of carbonyl (C=O) groups excluding carboxylic acids is 3. The van der Waals surface area contributed by atoms with Gasteiger partial charge in [0.15, 0.2) is 5.79 Å². The molecule has 0 aromatic heterocycles. The molecule has 1 saturated heterocycles. The summed E-state index contributed by atoms with van der Waals surface area (Å²) < 4.78 is 19.4. The van der Waals surface area contributed by atoms with Crippen LogP contribution in [0.15, 0.2) is 66.3 Å². The molecule has 3 aliphatic carbocycles. The second kappa shape index (κ2) is 14.0. The molecule has 3 fully saturated rings. The second-order valence-electron chi connectivity index (χ2n) is 12.8. The van der Waals surface area contributed by atoms with E-state index in [2.05, 4.69) is 10.6 Å². The number of aliphatic hydroxyl groups is 2. The number of rotatable bonds is 13. The maximum Gasteiger partial charge on any atom is 0.338 e. The Balaban J connectivity index is 1.19. The summed E-state index contributed by atoms with van der Waals surface area (Å²) in [4.78, 5) is 39.7. The lowest BCUT2D eigenvalue weighted by Gasteiger charge is -2.31. The Kier molecular flexibility index (Phi) is 9.79. The first kappa shape index (κ1) is 32.9. The van der Waals surface area contributed by atoms with Crippen molar-refractivity contribution in [1.82, 2.24) is 10.6 Å². The van der Waals surface area contributed by atoms with Gasteiger partial charge < -0.3 is 40.2 Å². The van der Waals surface area contributed by atoms with Crippen LogP contribution in [0.4, 0.5) is 0 Å². The van der Waals surface area contributed by atoms with Gasteiger partial charge in [-0.2, -0.15) is 0 Å². The molecule has 2 aromatic carbocycles. The molecule has 1 heterocycles. The largest absolute Gasteiger partial charge is 0.508 e. The number of hydrogen-bond donors (Lipinski definition) is 5. The maximum atomic E-state index is 13.6. The van der Waals surface area contributed by atoms with Gasteiger partial charge in [0.25, 0.3) is 0 Å². The number of aliphatic hydroxyl groups excluding tert-OH is 2. The second-order valence-corrected chi connectivity index (χ2v) is 12.8. The lowest BCUT2D eigenvalue weighted by atomic mass is 9.91. The molecule has 2 aromatic rings. The van der Waals surface area contributed by atoms with Crippen molar-refractivity contribution in [2.75, 3.05) is 13.2 Å². The van der Waals surface area contributed by atoms with E-state index in [1.807, 2.05) is 30.4 Å². The van der Waals surface area contributed by atoms with E-state index >= 15 is 0 Å². The van der Waals surface area contributed by atoms with Gasteiger partial charge in [-0.3, -0.25) is 9.59 Å². The number of aromatic hydroxyl groups is 1. The van der Waals surface area contributed by atoms with Crippen molar-refractivity contribution in [2.24, 2.45) is 11.8 Å². The standard InChI is InChI=1S/C36H42N2O9/c1-21(40)31(34(43)37-16-17-39)38-33(42)25-19-29(32-30(20-25)46-36(47-32,26-12-13-26)27-14-15-27)45-35(44)24-10-5-7-22(18-24)6-4-9-23-8-2-3-11-28(23)41/h2-8,10-11,18,20-21,26-27,29-32,39-41H,9,12-17,19H2,1H3,(H,37,43)(H,38,42)/t21-,29+,30+,31+,32-/m0/s1. The Hall–Kier alpha value is -4.03. The fourth-order valence-corrected chi connectivity index (χ4v) is 6.48. The van der Waals surface area contributed by atoms with Gasteiger partial charge in [-0.25, -0.2) is 4.79 Å². The molecule has 0 bridgehead atoms. The predicted octanol–water partition coefficient (Wildman–Crippen LogP) is 2.78. The lowest BCUT2D eigenvalue weighted by Crippen LogP contribution is -2.54. The highest BCUT2D eigenvalue weighted by molar-refractivity contribution is 5.97. The van der Waals surface area contributed by atoms with Crippen LogP contribution in [0.25, 0.3) is 6.08 Å². The van der Waals surface area contributed by atoms with Crippen LogP contribution in [0.3, 0.4) is 0 Å². The van der Waals surface area contributed by atoms with E-state index in [1.54, 1.807) is 36.4 Å². The molecule has 1 aliphatic heterocycles. The van der Waals surface area contributed by atoms with Crippen LogP contribution in [0.2, 0.25) is 0 Å². The Morgan fingerprint density at radius 1 is 1.06 bits per heavy atom. The predicted molar refractivity (Wildman–Crippen MR) is 171 cm³/mol. The molecule has 6 rings (SSSR count). The smallest absolute Gasteiger partial charge is 0.338 e. The number of phenols is 1. The van der Waals surface area contributed by atoms with E-state index in [-0.39, 0.29) is 42.7 Å². The van der Waals surface area contributed by atoms with Gasteiger partial charge in [-0.05, 0) is 74.4 Å².